The van der Waals surface area contributed by atoms with E-state index >= 15 is 0 Å². The van der Waals surface area contributed by atoms with Gasteiger partial charge in [0.15, 0.2) is 0 Å². The normalized spacial score (nSPS) is 16.2. The van der Waals surface area contributed by atoms with E-state index in [-0.39, 0.29) is 0 Å². The molecule has 0 N–H and O–H groups in total. The van der Waals surface area contributed by atoms with Crippen molar-refractivity contribution in [3.8, 4) is 16.8 Å². The van der Waals surface area contributed by atoms with Crippen molar-refractivity contribution < 1.29 is 0 Å². The van der Waals surface area contributed by atoms with Crippen LogP contribution in [0.25, 0.3) is 60.4 Å². The van der Waals surface area contributed by atoms with Crippen molar-refractivity contribution in [2.24, 2.45) is 0 Å². The summed E-state index contributed by atoms with van der Waals surface area (Å²) in [7, 11) is 0. The summed E-state index contributed by atoms with van der Waals surface area (Å²) in [6.07, 6.45) is 13.2. The van der Waals surface area contributed by atoms with Gasteiger partial charge in [-0.15, -0.1) is 12.6 Å². The first-order valence-electron chi connectivity index (χ1n) is 14.2. The van der Waals surface area contributed by atoms with E-state index in [9.17, 15) is 0 Å². The number of fused-ring (bicyclic) bond motifs is 5. The van der Waals surface area contributed by atoms with Crippen LogP contribution in [0.4, 0.5) is 0 Å². The van der Waals surface area contributed by atoms with Crippen LogP contribution in [-0.2, 0) is 0 Å². The zero-order valence-electron chi connectivity index (χ0n) is 22.6. The summed E-state index contributed by atoms with van der Waals surface area (Å²) in [5.41, 5.74) is 9.85. The van der Waals surface area contributed by atoms with Crippen LogP contribution in [-0.4, -0.2) is 34.0 Å². The van der Waals surface area contributed by atoms with Crippen LogP contribution in [0.2, 0.25) is 0 Å². The minimum absolute atomic E-state index is 0.586. The van der Waals surface area contributed by atoms with Crippen molar-refractivity contribution in [2.45, 2.75) is 3.67 Å². The molecule has 0 saturated heterocycles. The van der Waals surface area contributed by atoms with Gasteiger partial charge in [0.1, 0.15) is 0 Å². The van der Waals surface area contributed by atoms with Crippen LogP contribution in [0.5, 0.6) is 0 Å². The summed E-state index contributed by atoms with van der Waals surface area (Å²) in [4.78, 5) is 0. The number of benzene rings is 5. The van der Waals surface area contributed by atoms with E-state index in [0.29, 0.717) is 3.67 Å². The Morgan fingerprint density at radius 2 is 1.56 bits per heavy atom. The average Bonchev–Trinajstić information content (AvgIpc) is 3.40. The van der Waals surface area contributed by atoms with Gasteiger partial charge in [0.25, 0.3) is 0 Å². The van der Waals surface area contributed by atoms with Crippen LogP contribution in [0.1, 0.15) is 14.8 Å². The van der Waals surface area contributed by atoms with Crippen LogP contribution in [0.15, 0.2) is 143 Å². The quantitative estimate of drug-likeness (QED) is 0.186. The molecule has 1 radical (unpaired) electrons. The van der Waals surface area contributed by atoms with E-state index in [4.69, 9.17) is 5.32 Å². The van der Waals surface area contributed by atoms with Gasteiger partial charge in [-0.2, -0.15) is 0 Å². The van der Waals surface area contributed by atoms with E-state index in [1.165, 1.54) is 60.5 Å². The Hall–Kier alpha value is -4.21. The zero-order valence-corrected chi connectivity index (χ0v) is 25.9. The predicted octanol–water partition coefficient (Wildman–Crippen LogP) is 9.72. The van der Waals surface area contributed by atoms with Crippen molar-refractivity contribution in [2.75, 3.05) is 6.54 Å². The van der Waals surface area contributed by atoms with Gasteiger partial charge in [0.2, 0.25) is 0 Å². The summed E-state index contributed by atoms with van der Waals surface area (Å²) in [5.74, 6) is 0. The predicted molar refractivity (Wildman–Crippen MR) is 176 cm³/mol. The third-order valence-corrected chi connectivity index (χ3v) is 12.5. The Morgan fingerprint density at radius 3 is 2.41 bits per heavy atom. The van der Waals surface area contributed by atoms with Gasteiger partial charge in [-0.25, -0.2) is 0 Å². The van der Waals surface area contributed by atoms with Gasteiger partial charge in [-0.05, 0) is 0 Å². The average molecular weight is 626 g/mol. The Kier molecular flexibility index (Phi) is 6.19. The van der Waals surface area contributed by atoms with Gasteiger partial charge in [-0.1, -0.05) is 6.08 Å². The van der Waals surface area contributed by atoms with Crippen LogP contribution >= 0.6 is 0 Å². The fourth-order valence-corrected chi connectivity index (χ4v) is 9.65. The summed E-state index contributed by atoms with van der Waals surface area (Å²) in [6, 6.07) is 38.3. The molecule has 0 bridgehead atoms. The number of aromatic nitrogens is 1. The van der Waals surface area contributed by atoms with Gasteiger partial charge in [0, 0.05) is 0 Å². The summed E-state index contributed by atoms with van der Waals surface area (Å²) in [6.45, 7) is 0.743. The molecule has 0 spiro atoms. The Morgan fingerprint density at radius 1 is 0.683 bits per heavy atom. The molecule has 2 aliphatic heterocycles. The van der Waals surface area contributed by atoms with Crippen molar-refractivity contribution >= 4 is 61.2 Å². The van der Waals surface area contributed by atoms with E-state index < -0.39 is 22.9 Å². The fourth-order valence-electron chi connectivity index (χ4n) is 6.27. The molecule has 1 unspecified atom stereocenters. The first-order chi connectivity index (χ1) is 20.3. The molecule has 8 rings (SSSR count). The maximum atomic E-state index is 4.72. The van der Waals surface area contributed by atoms with Gasteiger partial charge >= 0.3 is 234 Å². The van der Waals surface area contributed by atoms with E-state index in [2.05, 4.69) is 148 Å². The van der Waals surface area contributed by atoms with Gasteiger partial charge < -0.3 is 0 Å². The van der Waals surface area contributed by atoms with Crippen LogP contribution < -0.4 is 0 Å². The number of nitrogens with zero attached hydrogens (tertiary/aromatic N) is 2. The van der Waals surface area contributed by atoms with E-state index in [1.54, 1.807) is 0 Å². The molecule has 5 aromatic carbocycles. The second-order valence-electron chi connectivity index (χ2n) is 10.7. The third kappa shape index (κ3) is 4.36. The van der Waals surface area contributed by atoms with Crippen molar-refractivity contribution in [3.63, 3.8) is 0 Å². The molecule has 3 heteroatoms. The van der Waals surface area contributed by atoms with Crippen LogP contribution in [0.3, 0.4) is 0 Å². The van der Waals surface area contributed by atoms with E-state index in [0.717, 1.165) is 12.2 Å². The molecule has 0 amide bonds. The van der Waals surface area contributed by atoms with Gasteiger partial charge in [0.05, 0.1) is 0 Å². The fraction of sp³-hybridized carbons (Fsp3) is 0.0526. The molecule has 2 aliphatic rings. The molecule has 0 saturated carbocycles. The zero-order chi connectivity index (χ0) is 27.2. The number of hydrogen-bond acceptors (Lipinski definition) is 0. The third-order valence-electron chi connectivity index (χ3n) is 8.28. The molecule has 1 atom stereocenters. The molecule has 0 fully saturated rings. The number of allylic oxidation sites excluding steroid dienone is 5. The second kappa shape index (κ2) is 10.3. The molecule has 2 nitrogen and oxygen atoms in total. The topological polar surface area (TPSA) is 19.0 Å². The standard InChI is InChI=1S/C38H27N2.In/c1-2-3-5-11-27-17-20-34-35-22-18-30-25-31(36-16-8-9-23-39-36)19-21-33(30)38(35)40(37(34)24-27)32-15-10-14-29(26-32)28-12-6-4-7-13-28;/h1-22,24-26H,23H2;/q-1;. The maximum absolute atomic E-state index is 4.72. The molecule has 0 aliphatic carbocycles. The second-order valence-corrected chi connectivity index (χ2v) is 15.0. The van der Waals surface area contributed by atoms with Crippen molar-refractivity contribution in [3.05, 3.63) is 160 Å². The Bertz CT molecular complexity index is 2070. The molecule has 1 aromatic heterocycles. The Labute approximate surface area is 251 Å². The van der Waals surface area contributed by atoms with Crippen molar-refractivity contribution in [1.29, 1.82) is 0 Å². The van der Waals surface area contributed by atoms with Crippen molar-refractivity contribution in [1.82, 2.24) is 4.57 Å². The molecule has 6 aromatic rings. The van der Waals surface area contributed by atoms with Crippen LogP contribution in [0, 0.1) is 0 Å². The Balaban J connectivity index is 1.40. The minimum atomic E-state index is -0.834. The first kappa shape index (κ1) is 24.6. The molecular weight excluding hydrogens is 599 g/mol. The first-order valence-corrected chi connectivity index (χ1v) is 18.0. The molecular formula is C38H27InN2-. The monoisotopic (exact) mass is 626 g/mol. The van der Waals surface area contributed by atoms with E-state index in [1.807, 2.05) is 0 Å². The molecule has 3 heterocycles. The summed E-state index contributed by atoms with van der Waals surface area (Å²) < 4.78 is 5.55. The number of rotatable bonds is 4. The molecule has 41 heavy (non-hydrogen) atoms. The van der Waals surface area contributed by atoms with Gasteiger partial charge in [-0.3, -0.25) is 0 Å². The molecule has 193 valence electrons. The summed E-state index contributed by atoms with van der Waals surface area (Å²) in [5, 5.41) is 9.82. The SMILES string of the molecule is C1=CC[N-]C(c2ccc3c(ccc4c5ccc([CH]6C=CC=[CH][In]6)cc5n(-c5cccc(-c6ccccc6)c5)c34)c2)=C1. The number of hydrogen-bond donors (Lipinski definition) is 0. The summed E-state index contributed by atoms with van der Waals surface area (Å²) >= 11 is -0.834.